The number of nitrogens with one attached hydrogen (secondary N) is 2. The van der Waals surface area contributed by atoms with Gasteiger partial charge in [0.05, 0.1) is 18.4 Å². The van der Waals surface area contributed by atoms with E-state index in [1.807, 2.05) is 0 Å². The normalized spacial score (nSPS) is 10.5. The van der Waals surface area contributed by atoms with Crippen molar-refractivity contribution in [2.45, 2.75) is 19.8 Å². The number of nitrogens with zero attached hydrogens (tertiary/aromatic N) is 1. The highest BCUT2D eigenvalue weighted by atomic mass is 16.5. The number of ether oxygens (including phenoxy) is 2. The number of carbonyl (C=O) groups is 3. The first-order chi connectivity index (χ1) is 16.5. The van der Waals surface area contributed by atoms with Crippen molar-refractivity contribution in [3.63, 3.8) is 0 Å². The number of benzene rings is 3. The maximum Gasteiger partial charge on any atom is 0.343 e. The van der Waals surface area contributed by atoms with Gasteiger partial charge in [-0.05, 0) is 72.6 Å². The Balaban J connectivity index is 1.46. The number of para-hydroxylation sites is 1. The zero-order chi connectivity index (χ0) is 24.2. The third kappa shape index (κ3) is 7.59. The minimum absolute atomic E-state index is 0.358. The van der Waals surface area contributed by atoms with E-state index in [4.69, 9.17) is 9.47 Å². The average molecular weight is 460 g/mol. The Labute approximate surface area is 197 Å². The van der Waals surface area contributed by atoms with Crippen LogP contribution in [0.2, 0.25) is 0 Å². The number of hydrogen-bond acceptors (Lipinski definition) is 6. The highest BCUT2D eigenvalue weighted by Crippen LogP contribution is 2.16. The van der Waals surface area contributed by atoms with Crippen LogP contribution in [0.25, 0.3) is 0 Å². The molecule has 0 radical (unpaired) electrons. The summed E-state index contributed by atoms with van der Waals surface area (Å²) in [6, 6.07) is 21.9. The fraction of sp³-hybridized carbons (Fsp3) is 0.154. The topological polar surface area (TPSA) is 106 Å². The van der Waals surface area contributed by atoms with Crippen molar-refractivity contribution in [1.82, 2.24) is 5.43 Å². The van der Waals surface area contributed by atoms with Crippen molar-refractivity contribution in [1.29, 1.82) is 0 Å². The largest absolute Gasteiger partial charge is 0.494 e. The Morgan fingerprint density at radius 3 is 2.21 bits per heavy atom. The Bertz CT molecular complexity index is 1130. The van der Waals surface area contributed by atoms with Gasteiger partial charge >= 0.3 is 17.8 Å². The van der Waals surface area contributed by atoms with E-state index in [0.29, 0.717) is 34.9 Å². The van der Waals surface area contributed by atoms with Crippen molar-refractivity contribution in [3.05, 3.63) is 90.0 Å². The average Bonchev–Trinajstić information content (AvgIpc) is 2.86. The van der Waals surface area contributed by atoms with E-state index in [1.165, 1.54) is 6.21 Å². The molecule has 3 aromatic carbocycles. The van der Waals surface area contributed by atoms with Gasteiger partial charge in [0, 0.05) is 5.69 Å². The molecule has 0 saturated carbocycles. The van der Waals surface area contributed by atoms with Crippen molar-refractivity contribution >= 4 is 29.7 Å². The minimum Gasteiger partial charge on any atom is -0.494 e. The van der Waals surface area contributed by atoms with E-state index < -0.39 is 17.8 Å². The van der Waals surface area contributed by atoms with Crippen LogP contribution in [0.3, 0.4) is 0 Å². The van der Waals surface area contributed by atoms with Gasteiger partial charge in [-0.2, -0.15) is 5.10 Å². The second kappa shape index (κ2) is 12.5. The molecule has 3 rings (SSSR count). The van der Waals surface area contributed by atoms with Crippen molar-refractivity contribution < 1.29 is 23.9 Å². The maximum absolute atomic E-state index is 12.3. The first kappa shape index (κ1) is 24.2. The number of hydrogen-bond donors (Lipinski definition) is 2. The number of carbonyl (C=O) groups excluding carboxylic acids is 3. The molecular formula is C26H25N3O5. The van der Waals surface area contributed by atoms with E-state index >= 15 is 0 Å². The van der Waals surface area contributed by atoms with Gasteiger partial charge in [0.1, 0.15) is 11.5 Å². The molecule has 0 aliphatic carbocycles. The van der Waals surface area contributed by atoms with E-state index in [1.54, 1.807) is 78.9 Å². The van der Waals surface area contributed by atoms with E-state index in [-0.39, 0.29) is 0 Å². The lowest BCUT2D eigenvalue weighted by molar-refractivity contribution is -0.136. The summed E-state index contributed by atoms with van der Waals surface area (Å²) in [4.78, 5) is 36.0. The monoisotopic (exact) mass is 459 g/mol. The van der Waals surface area contributed by atoms with Crippen LogP contribution in [0.1, 0.15) is 35.7 Å². The van der Waals surface area contributed by atoms with Gasteiger partial charge in [-0.15, -0.1) is 0 Å². The number of unbranched alkanes of at least 4 members (excludes halogenated alkanes) is 1. The Morgan fingerprint density at radius 2 is 1.53 bits per heavy atom. The molecule has 2 N–H and O–H groups in total. The van der Waals surface area contributed by atoms with Crippen LogP contribution in [0.4, 0.5) is 5.69 Å². The highest BCUT2D eigenvalue weighted by molar-refractivity contribution is 6.39. The summed E-state index contributed by atoms with van der Waals surface area (Å²) in [5.74, 6) is -1.15. The van der Waals surface area contributed by atoms with E-state index in [0.717, 1.165) is 12.8 Å². The number of anilines is 1. The fourth-order valence-electron chi connectivity index (χ4n) is 2.74. The molecule has 174 valence electrons. The highest BCUT2D eigenvalue weighted by Gasteiger charge is 2.12. The molecule has 0 aliphatic rings. The molecule has 3 aromatic rings. The summed E-state index contributed by atoms with van der Waals surface area (Å²) in [5, 5.41) is 6.24. The lowest BCUT2D eigenvalue weighted by Crippen LogP contribution is -2.32. The third-order valence-corrected chi connectivity index (χ3v) is 4.56. The number of amides is 2. The maximum atomic E-state index is 12.3. The minimum atomic E-state index is -0.896. The quantitative estimate of drug-likeness (QED) is 0.125. The smallest absolute Gasteiger partial charge is 0.343 e. The predicted octanol–water partition coefficient (Wildman–Crippen LogP) is 4.17. The molecule has 8 nitrogen and oxygen atoms in total. The zero-order valence-corrected chi connectivity index (χ0v) is 18.7. The summed E-state index contributed by atoms with van der Waals surface area (Å²) in [5.41, 5.74) is 3.71. The van der Waals surface area contributed by atoms with Gasteiger partial charge < -0.3 is 14.8 Å². The lowest BCUT2D eigenvalue weighted by atomic mass is 10.2. The SMILES string of the molecule is CCCCOc1ccc(C(=O)Oc2ccc(/C=N\NC(=O)C(=O)Nc3ccccc3)cc2)cc1. The molecule has 2 amide bonds. The van der Waals surface area contributed by atoms with E-state index in [9.17, 15) is 14.4 Å². The number of rotatable bonds is 9. The van der Waals surface area contributed by atoms with Gasteiger partial charge in [-0.25, -0.2) is 10.2 Å². The van der Waals surface area contributed by atoms with Gasteiger partial charge in [0.2, 0.25) is 0 Å². The Kier molecular flexibility index (Phi) is 8.92. The van der Waals surface area contributed by atoms with Crippen molar-refractivity contribution in [2.24, 2.45) is 5.10 Å². The number of esters is 1. The predicted molar refractivity (Wildman–Crippen MR) is 129 cm³/mol. The molecule has 0 fully saturated rings. The summed E-state index contributed by atoms with van der Waals surface area (Å²) in [6.45, 7) is 2.73. The third-order valence-electron chi connectivity index (χ3n) is 4.56. The second-order valence-electron chi connectivity index (χ2n) is 7.20. The van der Waals surface area contributed by atoms with Crippen LogP contribution in [0.15, 0.2) is 84.0 Å². The molecule has 0 aliphatic heterocycles. The summed E-state index contributed by atoms with van der Waals surface area (Å²) in [6.07, 6.45) is 3.40. The summed E-state index contributed by atoms with van der Waals surface area (Å²) >= 11 is 0. The molecule has 0 saturated heterocycles. The fourth-order valence-corrected chi connectivity index (χ4v) is 2.74. The van der Waals surface area contributed by atoms with Gasteiger partial charge in [-0.3, -0.25) is 9.59 Å². The lowest BCUT2D eigenvalue weighted by Gasteiger charge is -2.07. The van der Waals surface area contributed by atoms with E-state index in [2.05, 4.69) is 22.8 Å². The molecule has 0 unspecified atom stereocenters. The van der Waals surface area contributed by atoms with Crippen LogP contribution in [0, 0.1) is 0 Å². The Hall–Kier alpha value is -4.46. The van der Waals surface area contributed by atoms with Crippen LogP contribution < -0.4 is 20.2 Å². The van der Waals surface area contributed by atoms with Crippen LogP contribution >= 0.6 is 0 Å². The molecule has 8 heteroatoms. The van der Waals surface area contributed by atoms with Crippen LogP contribution in [-0.2, 0) is 9.59 Å². The van der Waals surface area contributed by atoms with Gasteiger partial charge in [0.25, 0.3) is 0 Å². The zero-order valence-electron chi connectivity index (χ0n) is 18.7. The second-order valence-corrected chi connectivity index (χ2v) is 7.20. The molecule has 0 spiro atoms. The number of hydrazone groups is 1. The van der Waals surface area contributed by atoms with Crippen molar-refractivity contribution in [3.8, 4) is 11.5 Å². The van der Waals surface area contributed by atoms with Crippen LogP contribution in [-0.4, -0.2) is 30.6 Å². The van der Waals surface area contributed by atoms with Gasteiger partial charge in [-0.1, -0.05) is 31.5 Å². The first-order valence-corrected chi connectivity index (χ1v) is 10.8. The van der Waals surface area contributed by atoms with Crippen molar-refractivity contribution in [2.75, 3.05) is 11.9 Å². The molecular weight excluding hydrogens is 434 g/mol. The van der Waals surface area contributed by atoms with Gasteiger partial charge in [0.15, 0.2) is 0 Å². The first-order valence-electron chi connectivity index (χ1n) is 10.8. The summed E-state index contributed by atoms with van der Waals surface area (Å²) in [7, 11) is 0. The molecule has 0 atom stereocenters. The Morgan fingerprint density at radius 1 is 0.853 bits per heavy atom. The molecule has 0 bridgehead atoms. The van der Waals surface area contributed by atoms with Crippen LogP contribution in [0.5, 0.6) is 11.5 Å². The summed E-state index contributed by atoms with van der Waals surface area (Å²) < 4.78 is 11.0. The standard InChI is InChI=1S/C26H25N3O5/c1-2-3-17-33-22-15-11-20(12-16-22)26(32)34-23-13-9-19(10-14-23)18-27-29-25(31)24(30)28-21-7-5-4-6-8-21/h4-16,18H,2-3,17H2,1H3,(H,28,30)(H,29,31)/b27-18-. The molecule has 34 heavy (non-hydrogen) atoms. The molecule has 0 aromatic heterocycles. The molecule has 0 heterocycles.